The molecule has 0 aromatic heterocycles. The Kier molecular flexibility index (Phi) is 5.10. The fourth-order valence-electron chi connectivity index (χ4n) is 0. The molecule has 1 radical (unpaired) electrons. The number of hydrogen-bond donors (Lipinski definition) is 2. The van der Waals surface area contributed by atoms with Crippen LogP contribution in [0.25, 0.3) is 0 Å². The molecule has 0 fully saturated rings. The Morgan fingerprint density at radius 1 is 1.22 bits per heavy atom. The predicted molar refractivity (Wildman–Crippen MR) is 31.1 cm³/mol. The van der Waals surface area contributed by atoms with Crippen molar-refractivity contribution in [2.75, 3.05) is 0 Å². The van der Waals surface area contributed by atoms with Gasteiger partial charge in [0.2, 0.25) is 0 Å². The van der Waals surface area contributed by atoms with Crippen molar-refractivity contribution in [3.05, 3.63) is 0 Å². The second-order valence-corrected chi connectivity index (χ2v) is 2.39. The molecule has 4 heteroatoms. The maximum absolute atomic E-state index is 10.1. The van der Waals surface area contributed by atoms with Crippen LogP contribution < -0.4 is 0 Å². The number of hydrogen-bond acceptors (Lipinski definition) is 1. The summed E-state index contributed by atoms with van der Waals surface area (Å²) in [6.07, 6.45) is -1.83. The quantitative estimate of drug-likeness (QED) is 0.527. The molecule has 0 spiro atoms. The lowest BCUT2D eigenvalue weighted by Crippen LogP contribution is -2.07. The first-order valence-electron chi connectivity index (χ1n) is 2.36. The molecule has 0 aromatic rings. The van der Waals surface area contributed by atoms with E-state index in [1.165, 1.54) is 0 Å². The van der Waals surface area contributed by atoms with E-state index in [0.29, 0.717) is 0 Å². The highest BCUT2D eigenvalue weighted by molar-refractivity contribution is 5.53. The third-order valence-corrected chi connectivity index (χ3v) is 0. The molecule has 0 aliphatic carbocycles. The van der Waals surface area contributed by atoms with Crippen LogP contribution in [-0.2, 0) is 5.11 Å². The van der Waals surface area contributed by atoms with E-state index in [0.717, 1.165) is 0 Å². The normalized spacial score (nSPS) is 9.33. The van der Waals surface area contributed by atoms with Gasteiger partial charge in [0, 0.05) is 0 Å². The molecule has 0 aliphatic rings. The Morgan fingerprint density at radius 3 is 1.22 bits per heavy atom. The molecule has 9 heavy (non-hydrogen) atoms. The highest BCUT2D eigenvalue weighted by atomic mass is 16.6. The summed E-state index contributed by atoms with van der Waals surface area (Å²) in [6.45, 7) is 4.90. The van der Waals surface area contributed by atoms with Crippen molar-refractivity contribution in [3.63, 3.8) is 0 Å². The Bertz CT molecular complexity index is 71.4. The topological polar surface area (TPSA) is 77.4 Å². The van der Waals surface area contributed by atoms with E-state index in [1.54, 1.807) is 20.8 Å². The van der Waals surface area contributed by atoms with Crippen molar-refractivity contribution in [1.82, 2.24) is 0 Å². The van der Waals surface area contributed by atoms with E-state index in [1.807, 2.05) is 0 Å². The highest BCUT2D eigenvalue weighted by Crippen LogP contribution is 1.95. The molecule has 0 aliphatic heterocycles. The van der Waals surface area contributed by atoms with Crippen LogP contribution in [0.3, 0.4) is 0 Å². The number of carboxylic acid groups (broad SMARTS) is 2. The molecule has 0 heterocycles. The van der Waals surface area contributed by atoms with Gasteiger partial charge in [0.05, 0.1) is 5.60 Å². The number of carbonyl (C=O) groups is 1. The smallest absolute Gasteiger partial charge is 0.450 e. The van der Waals surface area contributed by atoms with Crippen molar-refractivity contribution in [2.45, 2.75) is 26.4 Å². The molecule has 0 aromatic carbocycles. The average Bonchev–Trinajstić information content (AvgIpc) is 1.19. The fourth-order valence-corrected chi connectivity index (χ4v) is 0. The summed E-state index contributed by atoms with van der Waals surface area (Å²) in [6, 6.07) is 0. The van der Waals surface area contributed by atoms with Gasteiger partial charge in [0.15, 0.2) is 0 Å². The lowest BCUT2D eigenvalue weighted by molar-refractivity contribution is 0.0219. The zero-order valence-electron chi connectivity index (χ0n) is 5.71. The van der Waals surface area contributed by atoms with Gasteiger partial charge in [-0.25, -0.2) is 9.90 Å². The molecule has 55 valence electrons. The third-order valence-electron chi connectivity index (χ3n) is 0. The summed E-state index contributed by atoms with van der Waals surface area (Å²) in [4.78, 5) is 8.56. The second-order valence-electron chi connectivity index (χ2n) is 2.39. The van der Waals surface area contributed by atoms with E-state index in [9.17, 15) is 5.11 Å². The van der Waals surface area contributed by atoms with Crippen LogP contribution in [0.4, 0.5) is 4.79 Å². The van der Waals surface area contributed by atoms with Gasteiger partial charge in [-0.15, -0.1) is 0 Å². The Hall–Kier alpha value is -0.770. The van der Waals surface area contributed by atoms with Crippen molar-refractivity contribution in [3.8, 4) is 0 Å². The maximum atomic E-state index is 10.1. The Labute approximate surface area is 53.7 Å². The molecule has 0 saturated carbocycles. The van der Waals surface area contributed by atoms with Gasteiger partial charge in [-0.2, -0.15) is 0 Å². The van der Waals surface area contributed by atoms with Crippen LogP contribution in [-0.4, -0.2) is 22.0 Å². The first kappa shape index (κ1) is 11.1. The highest BCUT2D eigenvalue weighted by Gasteiger charge is 2.01. The molecule has 0 atom stereocenters. The second kappa shape index (κ2) is 4.14. The SMILES string of the molecule is CC(C)(C)[O].O=C(O)O. The van der Waals surface area contributed by atoms with Crippen LogP contribution >= 0.6 is 0 Å². The molecule has 0 amide bonds. The molecule has 0 bridgehead atoms. The lowest BCUT2D eigenvalue weighted by Gasteiger charge is -2.00. The van der Waals surface area contributed by atoms with E-state index in [-0.39, 0.29) is 0 Å². The monoisotopic (exact) mass is 135 g/mol. The third kappa shape index (κ3) is 334. The molecule has 4 nitrogen and oxygen atoms in total. The summed E-state index contributed by atoms with van der Waals surface area (Å²) < 4.78 is 0. The van der Waals surface area contributed by atoms with Crippen LogP contribution in [0.2, 0.25) is 0 Å². The minimum absolute atomic E-state index is 0.750. The van der Waals surface area contributed by atoms with Gasteiger partial charge in [0.1, 0.15) is 0 Å². The summed E-state index contributed by atoms with van der Waals surface area (Å²) in [7, 11) is 0. The summed E-state index contributed by atoms with van der Waals surface area (Å²) in [5, 5.41) is 24.0. The summed E-state index contributed by atoms with van der Waals surface area (Å²) >= 11 is 0. The zero-order valence-corrected chi connectivity index (χ0v) is 5.71. The van der Waals surface area contributed by atoms with Crippen LogP contribution in [0.1, 0.15) is 20.8 Å². The van der Waals surface area contributed by atoms with Crippen molar-refractivity contribution < 1.29 is 20.1 Å². The minimum atomic E-state index is -1.83. The van der Waals surface area contributed by atoms with E-state index in [4.69, 9.17) is 15.0 Å². The lowest BCUT2D eigenvalue weighted by atomic mass is 10.2. The van der Waals surface area contributed by atoms with Crippen LogP contribution in [0, 0.1) is 0 Å². The Morgan fingerprint density at radius 2 is 1.22 bits per heavy atom. The summed E-state index contributed by atoms with van der Waals surface area (Å²) in [5.74, 6) is 0. The van der Waals surface area contributed by atoms with Gasteiger partial charge < -0.3 is 10.2 Å². The summed E-state index contributed by atoms with van der Waals surface area (Å²) in [5.41, 5.74) is -0.750. The van der Waals surface area contributed by atoms with Gasteiger partial charge in [-0.05, 0) is 20.8 Å². The van der Waals surface area contributed by atoms with E-state index in [2.05, 4.69) is 0 Å². The average molecular weight is 135 g/mol. The van der Waals surface area contributed by atoms with Gasteiger partial charge in [-0.1, -0.05) is 0 Å². The maximum Gasteiger partial charge on any atom is 0.503 e. The molecule has 2 N–H and O–H groups in total. The first-order chi connectivity index (χ1) is 3.73. The molecule has 0 rings (SSSR count). The standard InChI is InChI=1S/C4H9O.CH2O3/c1-4(2,3)5;2-1(3)4/h1-3H3;(H2,2,3,4). The van der Waals surface area contributed by atoms with Crippen molar-refractivity contribution in [2.24, 2.45) is 0 Å². The van der Waals surface area contributed by atoms with Crippen LogP contribution in [0.15, 0.2) is 0 Å². The predicted octanol–water partition coefficient (Wildman–Crippen LogP) is 1.44. The van der Waals surface area contributed by atoms with Crippen molar-refractivity contribution >= 4 is 6.16 Å². The molecule has 0 saturated heterocycles. The number of rotatable bonds is 0. The van der Waals surface area contributed by atoms with Gasteiger partial charge >= 0.3 is 6.16 Å². The van der Waals surface area contributed by atoms with Crippen molar-refractivity contribution in [1.29, 1.82) is 0 Å². The Balaban J connectivity index is 0. The zero-order chi connectivity index (χ0) is 8.08. The molecule has 0 unspecified atom stereocenters. The van der Waals surface area contributed by atoms with E-state index < -0.39 is 11.8 Å². The largest absolute Gasteiger partial charge is 0.503 e. The van der Waals surface area contributed by atoms with Gasteiger partial charge in [-0.3, -0.25) is 0 Å². The fraction of sp³-hybridized carbons (Fsp3) is 0.800. The van der Waals surface area contributed by atoms with E-state index >= 15 is 0 Å². The van der Waals surface area contributed by atoms with Crippen LogP contribution in [0.5, 0.6) is 0 Å². The van der Waals surface area contributed by atoms with Gasteiger partial charge in [0.25, 0.3) is 0 Å². The first-order valence-corrected chi connectivity index (χ1v) is 2.36. The molecular weight excluding hydrogens is 124 g/mol. The minimum Gasteiger partial charge on any atom is -0.450 e. The molecular formula is C5H11O4.